The van der Waals surface area contributed by atoms with Gasteiger partial charge in [-0.3, -0.25) is 4.99 Å². The van der Waals surface area contributed by atoms with Crippen molar-refractivity contribution in [1.29, 1.82) is 0 Å². The molecule has 0 unspecified atom stereocenters. The summed E-state index contributed by atoms with van der Waals surface area (Å²) in [7, 11) is 1.81. The van der Waals surface area contributed by atoms with Gasteiger partial charge in [0.1, 0.15) is 17.2 Å². The summed E-state index contributed by atoms with van der Waals surface area (Å²) in [6, 6.07) is 14.6. The lowest BCUT2D eigenvalue weighted by Crippen LogP contribution is -2.48. The predicted molar refractivity (Wildman–Crippen MR) is 129 cm³/mol. The van der Waals surface area contributed by atoms with E-state index in [0.29, 0.717) is 12.6 Å². The lowest BCUT2D eigenvalue weighted by atomic mass is 10.1. The molecule has 1 aliphatic heterocycles. The molecule has 7 heteroatoms. The van der Waals surface area contributed by atoms with Gasteiger partial charge in [0.05, 0.1) is 6.54 Å². The summed E-state index contributed by atoms with van der Waals surface area (Å²) in [5.74, 6) is 2.83. The Hall–Kier alpha value is -2.29. The molecule has 0 bridgehead atoms. The zero-order valence-electron chi connectivity index (χ0n) is 16.9. The van der Waals surface area contributed by atoms with Crippen molar-refractivity contribution in [2.45, 2.75) is 32.4 Å². The average molecular weight is 505 g/mol. The second-order valence-corrected chi connectivity index (χ2v) is 7.17. The minimum Gasteiger partial charge on any atom is -0.459 e. The molecule has 0 aliphatic carbocycles. The van der Waals surface area contributed by atoms with Gasteiger partial charge in [-0.2, -0.15) is 0 Å². The number of nitrogens with zero attached hydrogens (tertiary/aromatic N) is 3. The Labute approximate surface area is 188 Å². The van der Waals surface area contributed by atoms with Gasteiger partial charge in [-0.1, -0.05) is 24.3 Å². The van der Waals surface area contributed by atoms with Crippen LogP contribution in [-0.4, -0.2) is 37.1 Å². The van der Waals surface area contributed by atoms with E-state index < -0.39 is 0 Å². The number of aliphatic imine (C=N–C) groups is 1. The number of para-hydroxylation sites is 1. The highest BCUT2D eigenvalue weighted by atomic mass is 127. The highest BCUT2D eigenvalue weighted by molar-refractivity contribution is 14.0. The summed E-state index contributed by atoms with van der Waals surface area (Å²) in [6.45, 7) is 4.71. The fourth-order valence-electron chi connectivity index (χ4n) is 3.74. The first-order valence-corrected chi connectivity index (χ1v) is 9.85. The molecule has 3 heterocycles. The number of pyridine rings is 1. The quantitative estimate of drug-likeness (QED) is 0.318. The van der Waals surface area contributed by atoms with Crippen LogP contribution in [0.3, 0.4) is 0 Å². The molecule has 6 nitrogen and oxygen atoms in total. The first-order chi connectivity index (χ1) is 13.7. The van der Waals surface area contributed by atoms with Crippen molar-refractivity contribution in [3.8, 4) is 0 Å². The van der Waals surface area contributed by atoms with Gasteiger partial charge in [-0.15, -0.1) is 24.0 Å². The number of piperidine rings is 1. The van der Waals surface area contributed by atoms with Crippen LogP contribution in [0, 0.1) is 6.92 Å². The van der Waals surface area contributed by atoms with Crippen LogP contribution in [0.4, 0.5) is 5.82 Å². The Balaban J connectivity index is 0.00000240. The van der Waals surface area contributed by atoms with E-state index in [1.54, 1.807) is 0 Å². The minimum absolute atomic E-state index is 0. The molecule has 0 spiro atoms. The molecule has 154 valence electrons. The van der Waals surface area contributed by atoms with Crippen LogP contribution in [0.15, 0.2) is 58.1 Å². The van der Waals surface area contributed by atoms with Crippen LogP contribution >= 0.6 is 24.0 Å². The topological polar surface area (TPSA) is 65.7 Å². The van der Waals surface area contributed by atoms with Gasteiger partial charge in [-0.25, -0.2) is 4.98 Å². The first-order valence-electron chi connectivity index (χ1n) is 9.85. The summed E-state index contributed by atoms with van der Waals surface area (Å²) in [5, 5.41) is 8.12. The molecular formula is C22H28IN5O. The van der Waals surface area contributed by atoms with Crippen molar-refractivity contribution in [3.63, 3.8) is 0 Å². The molecule has 0 radical (unpaired) electrons. The molecule has 1 fully saturated rings. The smallest absolute Gasteiger partial charge is 0.191 e. The van der Waals surface area contributed by atoms with E-state index in [2.05, 4.69) is 44.6 Å². The molecule has 1 aliphatic rings. The number of benzene rings is 1. The maximum atomic E-state index is 5.99. The van der Waals surface area contributed by atoms with Gasteiger partial charge in [0, 0.05) is 43.3 Å². The number of nitrogens with one attached hydrogen (secondary N) is 2. The minimum atomic E-state index is 0. The van der Waals surface area contributed by atoms with Crippen LogP contribution in [0.5, 0.6) is 0 Å². The van der Waals surface area contributed by atoms with Crippen molar-refractivity contribution in [1.82, 2.24) is 15.6 Å². The highest BCUT2D eigenvalue weighted by Crippen LogP contribution is 2.24. The van der Waals surface area contributed by atoms with Crippen LogP contribution in [0.25, 0.3) is 11.0 Å². The number of aryl methyl sites for hydroxylation is 1. The largest absolute Gasteiger partial charge is 0.459 e. The summed E-state index contributed by atoms with van der Waals surface area (Å²) in [5.41, 5.74) is 2.11. The van der Waals surface area contributed by atoms with E-state index in [4.69, 9.17) is 4.42 Å². The third-order valence-corrected chi connectivity index (χ3v) is 5.39. The Bertz CT molecular complexity index is 948. The van der Waals surface area contributed by atoms with E-state index in [1.807, 2.05) is 43.6 Å². The second-order valence-electron chi connectivity index (χ2n) is 7.17. The van der Waals surface area contributed by atoms with Crippen LogP contribution in [0.2, 0.25) is 0 Å². The molecule has 1 aromatic carbocycles. The Morgan fingerprint density at radius 1 is 1.17 bits per heavy atom. The number of furan rings is 1. The molecule has 1 saturated heterocycles. The maximum Gasteiger partial charge on any atom is 0.191 e. The number of fused-ring (bicyclic) bond motifs is 1. The number of halogens is 1. The molecule has 4 rings (SSSR count). The number of hydrogen-bond acceptors (Lipinski definition) is 4. The van der Waals surface area contributed by atoms with Crippen molar-refractivity contribution in [2.75, 3.05) is 25.0 Å². The van der Waals surface area contributed by atoms with E-state index in [9.17, 15) is 0 Å². The highest BCUT2D eigenvalue weighted by Gasteiger charge is 2.21. The predicted octanol–water partition coefficient (Wildman–Crippen LogP) is 4.09. The van der Waals surface area contributed by atoms with Crippen molar-refractivity contribution in [2.24, 2.45) is 4.99 Å². The second kappa shape index (κ2) is 9.96. The van der Waals surface area contributed by atoms with Gasteiger partial charge < -0.3 is 20.0 Å². The van der Waals surface area contributed by atoms with Gasteiger partial charge in [0.15, 0.2) is 5.96 Å². The third-order valence-electron chi connectivity index (χ3n) is 5.39. The lowest BCUT2D eigenvalue weighted by Gasteiger charge is -2.33. The van der Waals surface area contributed by atoms with E-state index in [-0.39, 0.29) is 24.0 Å². The fraction of sp³-hybridized carbons (Fsp3) is 0.364. The van der Waals surface area contributed by atoms with Gasteiger partial charge in [0.2, 0.25) is 0 Å². The van der Waals surface area contributed by atoms with E-state index >= 15 is 0 Å². The lowest BCUT2D eigenvalue weighted by molar-refractivity contribution is 0.457. The Morgan fingerprint density at radius 2 is 1.93 bits per heavy atom. The van der Waals surface area contributed by atoms with Crippen LogP contribution in [-0.2, 0) is 6.54 Å². The molecule has 0 saturated carbocycles. The zero-order valence-corrected chi connectivity index (χ0v) is 19.2. The summed E-state index contributed by atoms with van der Waals surface area (Å²) in [6.07, 6.45) is 3.97. The normalized spacial score (nSPS) is 15.2. The molecule has 3 aromatic rings. The average Bonchev–Trinajstić information content (AvgIpc) is 3.08. The number of guanidine groups is 1. The van der Waals surface area contributed by atoms with Crippen LogP contribution in [0.1, 0.15) is 24.2 Å². The van der Waals surface area contributed by atoms with Crippen LogP contribution < -0.4 is 15.5 Å². The Kier molecular flexibility index (Phi) is 7.35. The number of hydrogen-bond donors (Lipinski definition) is 2. The van der Waals surface area contributed by atoms with Crippen molar-refractivity contribution >= 4 is 46.7 Å². The van der Waals surface area contributed by atoms with Gasteiger partial charge in [0.25, 0.3) is 0 Å². The number of rotatable bonds is 4. The van der Waals surface area contributed by atoms with E-state index in [0.717, 1.165) is 49.1 Å². The maximum absolute atomic E-state index is 5.99. The molecule has 29 heavy (non-hydrogen) atoms. The number of aromatic nitrogens is 1. The molecular weight excluding hydrogens is 477 g/mol. The third kappa shape index (κ3) is 5.01. The first kappa shape index (κ1) is 21.4. The van der Waals surface area contributed by atoms with Crippen molar-refractivity contribution in [3.05, 3.63) is 60.0 Å². The monoisotopic (exact) mass is 505 g/mol. The molecule has 2 aromatic heterocycles. The SMILES string of the molecule is CN=C(NCc1oc2ccccc2c1C)NC1CCN(c2ccccn2)CC1.I. The standard InChI is InChI=1S/C22H27N5O.HI/c1-16-18-7-3-4-8-19(18)28-20(16)15-25-22(23-2)26-17-10-13-27(14-11-17)21-9-5-6-12-24-21;/h3-9,12,17H,10-11,13-15H2,1-2H3,(H2,23,25,26);1H. The van der Waals surface area contributed by atoms with Gasteiger partial charge in [-0.05, 0) is 38.0 Å². The van der Waals surface area contributed by atoms with Crippen molar-refractivity contribution < 1.29 is 4.42 Å². The summed E-state index contributed by atoms with van der Waals surface area (Å²) in [4.78, 5) is 11.2. The summed E-state index contributed by atoms with van der Waals surface area (Å²) >= 11 is 0. The zero-order chi connectivity index (χ0) is 19.3. The van der Waals surface area contributed by atoms with Gasteiger partial charge >= 0.3 is 0 Å². The Morgan fingerprint density at radius 3 is 2.62 bits per heavy atom. The molecule has 2 N–H and O–H groups in total. The molecule has 0 atom stereocenters. The van der Waals surface area contributed by atoms with E-state index in [1.165, 1.54) is 10.9 Å². The molecule has 0 amide bonds. The number of anilines is 1. The summed E-state index contributed by atoms with van der Waals surface area (Å²) < 4.78 is 5.99. The fourth-order valence-corrected chi connectivity index (χ4v) is 3.74.